The molecule has 82 valence electrons. The minimum atomic E-state index is 0.0701. The number of halogens is 1. The zero-order valence-corrected chi connectivity index (χ0v) is 10.9. The number of hydrogen-bond acceptors (Lipinski definition) is 1. The van der Waals surface area contributed by atoms with Gasteiger partial charge in [0.2, 0.25) is 5.91 Å². The van der Waals surface area contributed by atoms with Crippen molar-refractivity contribution in [2.24, 2.45) is 5.92 Å². The minimum Gasteiger partial charge on any atom is -0.326 e. The number of nitrogens with one attached hydrogen (secondary N) is 1. The molecule has 15 heavy (non-hydrogen) atoms. The zero-order chi connectivity index (χ0) is 11.4. The van der Waals surface area contributed by atoms with Gasteiger partial charge in [-0.25, -0.2) is 0 Å². The van der Waals surface area contributed by atoms with Crippen LogP contribution in [0.4, 0.5) is 5.69 Å². The van der Waals surface area contributed by atoms with Gasteiger partial charge in [-0.05, 0) is 30.5 Å². The van der Waals surface area contributed by atoms with E-state index in [-0.39, 0.29) is 5.91 Å². The van der Waals surface area contributed by atoms with E-state index in [1.807, 2.05) is 39.0 Å². The fourth-order valence-electron chi connectivity index (χ4n) is 1.25. The van der Waals surface area contributed by atoms with Crippen molar-refractivity contribution in [1.29, 1.82) is 0 Å². The standard InChI is InChI=1S/C12H16BrNO/c1-8(2)6-12(15)14-10-5-4-9(3)11(13)7-10/h4-5,7-8H,6H2,1-3H3,(H,14,15). The quantitative estimate of drug-likeness (QED) is 0.890. The maximum Gasteiger partial charge on any atom is 0.224 e. The lowest BCUT2D eigenvalue weighted by molar-refractivity contribution is -0.116. The highest BCUT2D eigenvalue weighted by molar-refractivity contribution is 9.10. The first-order chi connectivity index (χ1) is 6.99. The van der Waals surface area contributed by atoms with Crippen molar-refractivity contribution < 1.29 is 4.79 Å². The van der Waals surface area contributed by atoms with E-state index in [4.69, 9.17) is 0 Å². The normalized spacial score (nSPS) is 10.5. The molecular formula is C12H16BrNO. The summed E-state index contributed by atoms with van der Waals surface area (Å²) in [6, 6.07) is 5.82. The van der Waals surface area contributed by atoms with Gasteiger partial charge < -0.3 is 5.32 Å². The van der Waals surface area contributed by atoms with Crippen molar-refractivity contribution in [3.63, 3.8) is 0 Å². The minimum absolute atomic E-state index is 0.0701. The van der Waals surface area contributed by atoms with Crippen LogP contribution in [0.25, 0.3) is 0 Å². The third-order valence-electron chi connectivity index (χ3n) is 2.05. The monoisotopic (exact) mass is 269 g/mol. The molecule has 1 N–H and O–H groups in total. The molecule has 0 atom stereocenters. The highest BCUT2D eigenvalue weighted by atomic mass is 79.9. The smallest absolute Gasteiger partial charge is 0.224 e. The molecular weight excluding hydrogens is 254 g/mol. The van der Waals surface area contributed by atoms with Gasteiger partial charge in [-0.1, -0.05) is 35.8 Å². The van der Waals surface area contributed by atoms with Gasteiger partial charge in [-0.3, -0.25) is 4.79 Å². The summed E-state index contributed by atoms with van der Waals surface area (Å²) in [7, 11) is 0. The van der Waals surface area contributed by atoms with Gasteiger partial charge in [0.25, 0.3) is 0 Å². The first kappa shape index (κ1) is 12.2. The van der Waals surface area contributed by atoms with E-state index in [1.54, 1.807) is 0 Å². The van der Waals surface area contributed by atoms with E-state index in [9.17, 15) is 4.79 Å². The van der Waals surface area contributed by atoms with Crippen LogP contribution in [0.2, 0.25) is 0 Å². The van der Waals surface area contributed by atoms with Crippen LogP contribution in [0, 0.1) is 12.8 Å². The van der Waals surface area contributed by atoms with Crippen molar-refractivity contribution in [3.8, 4) is 0 Å². The Balaban J connectivity index is 2.65. The van der Waals surface area contributed by atoms with Gasteiger partial charge in [0.15, 0.2) is 0 Å². The predicted octanol–water partition coefficient (Wildman–Crippen LogP) is 3.74. The Morgan fingerprint density at radius 2 is 2.13 bits per heavy atom. The number of carbonyl (C=O) groups excluding carboxylic acids is 1. The van der Waals surface area contributed by atoms with Crippen molar-refractivity contribution >= 4 is 27.5 Å². The number of amides is 1. The summed E-state index contributed by atoms with van der Waals surface area (Å²) in [5, 5.41) is 2.87. The van der Waals surface area contributed by atoms with Gasteiger partial charge in [-0.2, -0.15) is 0 Å². The lowest BCUT2D eigenvalue weighted by atomic mass is 10.1. The topological polar surface area (TPSA) is 29.1 Å². The highest BCUT2D eigenvalue weighted by Gasteiger charge is 2.05. The Morgan fingerprint density at radius 3 is 2.67 bits per heavy atom. The molecule has 0 aliphatic heterocycles. The molecule has 0 spiro atoms. The van der Waals surface area contributed by atoms with Crippen LogP contribution in [-0.4, -0.2) is 5.91 Å². The molecule has 1 rings (SSSR count). The SMILES string of the molecule is Cc1ccc(NC(=O)CC(C)C)cc1Br. The molecule has 0 radical (unpaired) electrons. The van der Waals surface area contributed by atoms with Crippen LogP contribution < -0.4 is 5.32 Å². The molecule has 0 unspecified atom stereocenters. The zero-order valence-electron chi connectivity index (χ0n) is 9.30. The van der Waals surface area contributed by atoms with Crippen molar-refractivity contribution in [1.82, 2.24) is 0 Å². The Morgan fingerprint density at radius 1 is 1.47 bits per heavy atom. The van der Waals surface area contributed by atoms with E-state index in [0.717, 1.165) is 15.7 Å². The Kier molecular flexibility index (Phi) is 4.33. The van der Waals surface area contributed by atoms with Gasteiger partial charge in [0.1, 0.15) is 0 Å². The van der Waals surface area contributed by atoms with E-state index >= 15 is 0 Å². The van der Waals surface area contributed by atoms with Gasteiger partial charge in [0, 0.05) is 16.6 Å². The van der Waals surface area contributed by atoms with Crippen LogP contribution in [0.5, 0.6) is 0 Å². The second-order valence-corrected chi connectivity index (χ2v) is 4.96. The molecule has 1 aromatic carbocycles. The van der Waals surface area contributed by atoms with Gasteiger partial charge in [0.05, 0.1) is 0 Å². The van der Waals surface area contributed by atoms with Gasteiger partial charge >= 0.3 is 0 Å². The second-order valence-electron chi connectivity index (χ2n) is 4.11. The van der Waals surface area contributed by atoms with Crippen LogP contribution in [0.3, 0.4) is 0 Å². The van der Waals surface area contributed by atoms with E-state index in [1.165, 1.54) is 0 Å². The van der Waals surface area contributed by atoms with Crippen LogP contribution in [-0.2, 0) is 4.79 Å². The molecule has 0 bridgehead atoms. The Labute approximate surface area is 99.2 Å². The van der Waals surface area contributed by atoms with E-state index < -0.39 is 0 Å². The molecule has 2 nitrogen and oxygen atoms in total. The molecule has 3 heteroatoms. The van der Waals surface area contributed by atoms with Gasteiger partial charge in [-0.15, -0.1) is 0 Å². The molecule has 0 heterocycles. The number of rotatable bonds is 3. The number of carbonyl (C=O) groups is 1. The summed E-state index contributed by atoms with van der Waals surface area (Å²) in [5.41, 5.74) is 2.01. The predicted molar refractivity (Wildman–Crippen MR) is 67.0 cm³/mol. The second kappa shape index (κ2) is 5.31. The third-order valence-corrected chi connectivity index (χ3v) is 2.90. The number of benzene rings is 1. The summed E-state index contributed by atoms with van der Waals surface area (Å²) < 4.78 is 1.02. The van der Waals surface area contributed by atoms with Crippen LogP contribution >= 0.6 is 15.9 Å². The summed E-state index contributed by atoms with van der Waals surface area (Å²) in [6.45, 7) is 6.08. The summed E-state index contributed by atoms with van der Waals surface area (Å²) in [5.74, 6) is 0.458. The maximum atomic E-state index is 11.5. The van der Waals surface area contributed by atoms with Crippen LogP contribution in [0.15, 0.2) is 22.7 Å². The Bertz CT molecular complexity index is 361. The summed E-state index contributed by atoms with van der Waals surface area (Å²) in [6.07, 6.45) is 0.561. The fourth-order valence-corrected chi connectivity index (χ4v) is 1.63. The molecule has 1 aromatic rings. The van der Waals surface area contributed by atoms with Crippen LogP contribution in [0.1, 0.15) is 25.8 Å². The first-order valence-corrected chi connectivity index (χ1v) is 5.84. The third kappa shape index (κ3) is 4.04. The number of aryl methyl sites for hydroxylation is 1. The molecule has 0 fully saturated rings. The average molecular weight is 270 g/mol. The number of hydrogen-bond donors (Lipinski definition) is 1. The molecule has 0 saturated carbocycles. The molecule has 0 aliphatic carbocycles. The lowest BCUT2D eigenvalue weighted by Crippen LogP contribution is -2.13. The molecule has 0 saturated heterocycles. The fraction of sp³-hybridized carbons (Fsp3) is 0.417. The highest BCUT2D eigenvalue weighted by Crippen LogP contribution is 2.20. The van der Waals surface area contributed by atoms with E-state index in [2.05, 4.69) is 21.2 Å². The largest absolute Gasteiger partial charge is 0.326 e. The molecule has 1 amide bonds. The molecule has 0 aromatic heterocycles. The Hall–Kier alpha value is -0.830. The van der Waals surface area contributed by atoms with Crippen molar-refractivity contribution in [2.45, 2.75) is 27.2 Å². The summed E-state index contributed by atoms with van der Waals surface area (Å²) >= 11 is 3.44. The lowest BCUT2D eigenvalue weighted by Gasteiger charge is -2.08. The summed E-state index contributed by atoms with van der Waals surface area (Å²) in [4.78, 5) is 11.5. The van der Waals surface area contributed by atoms with Crippen molar-refractivity contribution in [2.75, 3.05) is 5.32 Å². The first-order valence-electron chi connectivity index (χ1n) is 5.05. The average Bonchev–Trinajstić information content (AvgIpc) is 2.10. The van der Waals surface area contributed by atoms with Crippen molar-refractivity contribution in [3.05, 3.63) is 28.2 Å². The number of anilines is 1. The molecule has 0 aliphatic rings. The van der Waals surface area contributed by atoms with E-state index in [0.29, 0.717) is 12.3 Å². The maximum absolute atomic E-state index is 11.5.